The van der Waals surface area contributed by atoms with Crippen molar-refractivity contribution in [3.05, 3.63) is 76.9 Å². The molecule has 0 unspecified atom stereocenters. The first-order valence-corrected chi connectivity index (χ1v) is 16.8. The molecule has 0 saturated carbocycles. The molecule has 9 heteroatoms. The number of amides is 1. The van der Waals surface area contributed by atoms with E-state index in [0.717, 1.165) is 72.9 Å². The highest BCUT2D eigenvalue weighted by Gasteiger charge is 2.31. The summed E-state index contributed by atoms with van der Waals surface area (Å²) in [6.07, 6.45) is 6.80. The lowest BCUT2D eigenvalue weighted by Gasteiger charge is -2.21. The molecule has 1 amide bonds. The first-order chi connectivity index (χ1) is 23.0. The largest absolute Gasteiger partial charge is 0.493 e. The van der Waals surface area contributed by atoms with Gasteiger partial charge in [-0.3, -0.25) is 0 Å². The van der Waals surface area contributed by atoms with Gasteiger partial charge in [-0.2, -0.15) is 0 Å². The van der Waals surface area contributed by atoms with Crippen LogP contribution < -0.4 is 29.0 Å². The van der Waals surface area contributed by atoms with E-state index in [1.54, 1.807) is 21.3 Å². The molecule has 1 aliphatic rings. The molecular formula is C38H51NO8. The Hall–Kier alpha value is -4.11. The number of carbonyl (C=O) groups excluding carboxylic acids is 1. The van der Waals surface area contributed by atoms with Crippen molar-refractivity contribution < 1.29 is 38.0 Å². The number of hydrogen-bond acceptors (Lipinski definition) is 8. The molecule has 1 fully saturated rings. The molecule has 0 aliphatic carbocycles. The van der Waals surface area contributed by atoms with Gasteiger partial charge >= 0.3 is 6.09 Å². The maximum Gasteiger partial charge on any atom is 0.407 e. The summed E-state index contributed by atoms with van der Waals surface area (Å²) < 4.78 is 41.4. The van der Waals surface area contributed by atoms with Crippen molar-refractivity contribution in [2.45, 2.75) is 84.0 Å². The van der Waals surface area contributed by atoms with Gasteiger partial charge in [-0.05, 0) is 85.0 Å². The van der Waals surface area contributed by atoms with E-state index in [2.05, 4.69) is 31.3 Å². The van der Waals surface area contributed by atoms with Gasteiger partial charge in [0.1, 0.15) is 6.61 Å². The highest BCUT2D eigenvalue weighted by Crippen LogP contribution is 2.47. The summed E-state index contributed by atoms with van der Waals surface area (Å²) in [5.74, 6) is 3.31. The minimum atomic E-state index is -0.443. The van der Waals surface area contributed by atoms with Crippen molar-refractivity contribution in [1.82, 2.24) is 5.32 Å². The normalized spacial score (nSPS) is 15.6. The summed E-state index contributed by atoms with van der Waals surface area (Å²) >= 11 is 0. The summed E-state index contributed by atoms with van der Waals surface area (Å²) in [6.45, 7) is 6.00. The summed E-state index contributed by atoms with van der Waals surface area (Å²) in [5.41, 5.74) is 4.15. The van der Waals surface area contributed by atoms with Gasteiger partial charge in [0.15, 0.2) is 23.0 Å². The van der Waals surface area contributed by atoms with Crippen LogP contribution in [-0.2, 0) is 22.5 Å². The van der Waals surface area contributed by atoms with Crippen LogP contribution in [0.15, 0.2) is 54.6 Å². The Morgan fingerprint density at radius 3 is 2.09 bits per heavy atom. The van der Waals surface area contributed by atoms with E-state index in [1.165, 1.54) is 0 Å². The lowest BCUT2D eigenvalue weighted by molar-refractivity contribution is 0.0435. The molecule has 0 bridgehead atoms. The number of benzene rings is 3. The Morgan fingerprint density at radius 1 is 0.766 bits per heavy atom. The fraction of sp³-hybridized carbons (Fsp3) is 0.500. The van der Waals surface area contributed by atoms with Gasteiger partial charge in [-0.25, -0.2) is 4.79 Å². The SMILES string of the molecule is CCCCCc1cc([C@H]2CC[C@H](c3cc(OC)c(OC)c(OC)c3)O2)cc(OCCCNC(=O)OCc2ccccc2)c1OCCC. The second kappa shape index (κ2) is 18.9. The predicted molar refractivity (Wildman–Crippen MR) is 182 cm³/mol. The molecule has 0 radical (unpaired) electrons. The molecule has 3 aromatic carbocycles. The zero-order valence-corrected chi connectivity index (χ0v) is 28.6. The van der Waals surface area contributed by atoms with Crippen LogP contribution in [0.25, 0.3) is 0 Å². The number of methoxy groups -OCH3 is 3. The van der Waals surface area contributed by atoms with E-state index >= 15 is 0 Å². The van der Waals surface area contributed by atoms with Gasteiger partial charge in [0.2, 0.25) is 5.75 Å². The molecule has 1 N–H and O–H groups in total. The molecule has 3 aromatic rings. The van der Waals surface area contributed by atoms with Crippen LogP contribution in [0.1, 0.15) is 93.3 Å². The van der Waals surface area contributed by atoms with E-state index in [1.807, 2.05) is 42.5 Å². The Balaban J connectivity index is 1.46. The smallest absolute Gasteiger partial charge is 0.407 e. The van der Waals surface area contributed by atoms with Crippen molar-refractivity contribution in [3.63, 3.8) is 0 Å². The fourth-order valence-corrected chi connectivity index (χ4v) is 5.73. The number of alkyl carbamates (subject to hydrolysis) is 1. The van der Waals surface area contributed by atoms with Crippen LogP contribution in [0, 0.1) is 0 Å². The topological polar surface area (TPSA) is 93.7 Å². The number of carbonyl (C=O) groups is 1. The number of nitrogens with one attached hydrogen (secondary N) is 1. The van der Waals surface area contributed by atoms with E-state index in [9.17, 15) is 4.79 Å². The van der Waals surface area contributed by atoms with Gasteiger partial charge in [0.05, 0.1) is 46.8 Å². The molecule has 256 valence electrons. The average Bonchev–Trinajstić information content (AvgIpc) is 3.60. The highest BCUT2D eigenvalue weighted by atomic mass is 16.6. The van der Waals surface area contributed by atoms with Crippen LogP contribution in [0.4, 0.5) is 4.79 Å². The highest BCUT2D eigenvalue weighted by molar-refractivity contribution is 5.67. The predicted octanol–water partition coefficient (Wildman–Crippen LogP) is 8.52. The molecule has 1 saturated heterocycles. The van der Waals surface area contributed by atoms with Crippen molar-refractivity contribution >= 4 is 6.09 Å². The Kier molecular flexibility index (Phi) is 14.4. The third-order valence-electron chi connectivity index (χ3n) is 8.17. The van der Waals surface area contributed by atoms with Crippen LogP contribution in [-0.4, -0.2) is 47.2 Å². The van der Waals surface area contributed by atoms with Crippen molar-refractivity contribution in [2.24, 2.45) is 0 Å². The molecule has 2 atom stereocenters. The van der Waals surface area contributed by atoms with Gasteiger partial charge in [-0.1, -0.05) is 57.0 Å². The first-order valence-electron chi connectivity index (χ1n) is 16.8. The summed E-state index contributed by atoms with van der Waals surface area (Å²) in [7, 11) is 4.85. The summed E-state index contributed by atoms with van der Waals surface area (Å²) in [4.78, 5) is 12.2. The number of hydrogen-bond donors (Lipinski definition) is 1. The Labute approximate surface area is 279 Å². The Morgan fingerprint density at radius 2 is 1.45 bits per heavy atom. The van der Waals surface area contributed by atoms with Gasteiger partial charge in [-0.15, -0.1) is 0 Å². The third kappa shape index (κ3) is 10.2. The van der Waals surface area contributed by atoms with Gasteiger partial charge in [0.25, 0.3) is 0 Å². The zero-order valence-electron chi connectivity index (χ0n) is 28.6. The lowest BCUT2D eigenvalue weighted by Crippen LogP contribution is -2.26. The molecule has 4 rings (SSSR count). The summed E-state index contributed by atoms with van der Waals surface area (Å²) in [6, 6.07) is 17.9. The lowest BCUT2D eigenvalue weighted by atomic mass is 9.98. The van der Waals surface area contributed by atoms with E-state index in [4.69, 9.17) is 33.2 Å². The minimum Gasteiger partial charge on any atom is -0.493 e. The van der Waals surface area contributed by atoms with Gasteiger partial charge < -0.3 is 38.5 Å². The van der Waals surface area contributed by atoms with Gasteiger partial charge in [0, 0.05) is 6.54 Å². The number of aryl methyl sites for hydroxylation is 1. The number of rotatable bonds is 19. The monoisotopic (exact) mass is 649 g/mol. The molecule has 47 heavy (non-hydrogen) atoms. The standard InChI is InChI=1S/C38H51NO8/c1-6-8-10-16-28-22-29(31-17-18-32(47-31)30-23-33(41-3)37(43-5)34(24-30)42-4)25-35(36(28)45-20-7-2)44-21-13-19-39-38(40)46-26-27-14-11-9-12-15-27/h9,11-12,14-15,22-25,31-32H,6-8,10,13,16-21,26H2,1-5H3,(H,39,40)/t31-,32-/m1/s1. The van der Waals surface area contributed by atoms with E-state index < -0.39 is 6.09 Å². The van der Waals surface area contributed by atoms with Crippen LogP contribution >= 0.6 is 0 Å². The molecule has 1 heterocycles. The van der Waals surface area contributed by atoms with Crippen molar-refractivity contribution in [3.8, 4) is 28.7 Å². The second-order valence-corrected chi connectivity index (χ2v) is 11.7. The quantitative estimate of drug-likeness (QED) is 0.129. The number of ether oxygens (including phenoxy) is 7. The van der Waals surface area contributed by atoms with Crippen LogP contribution in [0.2, 0.25) is 0 Å². The number of unbranched alkanes of at least 4 members (excludes halogenated alkanes) is 2. The van der Waals surface area contributed by atoms with Crippen molar-refractivity contribution in [2.75, 3.05) is 41.1 Å². The molecule has 1 aliphatic heterocycles. The zero-order chi connectivity index (χ0) is 33.4. The minimum absolute atomic E-state index is 0.104. The molecule has 0 aromatic heterocycles. The van der Waals surface area contributed by atoms with Crippen molar-refractivity contribution in [1.29, 1.82) is 0 Å². The van der Waals surface area contributed by atoms with Crippen LogP contribution in [0.3, 0.4) is 0 Å². The fourth-order valence-electron chi connectivity index (χ4n) is 5.73. The Bertz CT molecular complexity index is 1370. The first kappa shape index (κ1) is 35.7. The van der Waals surface area contributed by atoms with E-state index in [-0.39, 0.29) is 18.8 Å². The average molecular weight is 650 g/mol. The maximum absolute atomic E-state index is 12.2. The molecular weight excluding hydrogens is 598 g/mol. The maximum atomic E-state index is 12.2. The third-order valence-corrected chi connectivity index (χ3v) is 8.17. The van der Waals surface area contributed by atoms with Crippen LogP contribution in [0.5, 0.6) is 28.7 Å². The second-order valence-electron chi connectivity index (χ2n) is 11.7. The van der Waals surface area contributed by atoms with E-state index in [0.29, 0.717) is 49.2 Å². The molecule has 0 spiro atoms. The summed E-state index contributed by atoms with van der Waals surface area (Å²) in [5, 5.41) is 2.82. The molecule has 9 nitrogen and oxygen atoms in total.